The highest BCUT2D eigenvalue weighted by Gasteiger charge is 2.22. The highest BCUT2D eigenvalue weighted by atomic mass is 16.4. The molecule has 0 aromatic carbocycles. The van der Waals surface area contributed by atoms with Gasteiger partial charge in [-0.3, -0.25) is 4.79 Å². The van der Waals surface area contributed by atoms with Crippen molar-refractivity contribution >= 4 is 0 Å². The number of aliphatic hydroxyl groups excluding tert-OH is 5. The van der Waals surface area contributed by atoms with Crippen molar-refractivity contribution in [3.8, 4) is 5.75 Å². The third kappa shape index (κ3) is 5.81. The first-order chi connectivity index (χ1) is 8.84. The summed E-state index contributed by atoms with van der Waals surface area (Å²) in [6.07, 6.45) is -2.79. The molecule has 0 fully saturated rings. The lowest BCUT2D eigenvalue weighted by atomic mass is 10.1. The Morgan fingerprint density at radius 3 is 1.95 bits per heavy atom. The number of pyridine rings is 1. The van der Waals surface area contributed by atoms with Crippen LogP contribution in [0.1, 0.15) is 5.69 Å². The maximum absolute atomic E-state index is 10.6. The van der Waals surface area contributed by atoms with Crippen LogP contribution in [0.15, 0.2) is 17.1 Å². The van der Waals surface area contributed by atoms with E-state index in [0.29, 0.717) is 5.69 Å². The molecule has 110 valence electrons. The molecule has 8 nitrogen and oxygen atoms in total. The summed E-state index contributed by atoms with van der Waals surface area (Å²) in [5.41, 5.74) is 0.161. The number of H-pyrrole nitrogens is 1. The quantitative estimate of drug-likeness (QED) is 0.319. The second-order valence-corrected chi connectivity index (χ2v) is 3.81. The minimum atomic E-state index is -1.49. The molecule has 3 atom stereocenters. The number of hydrogen-bond donors (Lipinski definition) is 7. The number of aromatic amines is 1. The van der Waals surface area contributed by atoms with Crippen LogP contribution >= 0.6 is 0 Å². The maximum Gasteiger partial charge on any atom is 0.223 e. The van der Waals surface area contributed by atoms with Crippen molar-refractivity contribution in [2.24, 2.45) is 0 Å². The molecule has 7 N–H and O–H groups in total. The number of nitrogens with one attached hydrogen (secondary N) is 1. The molecule has 0 unspecified atom stereocenters. The molecule has 1 heterocycles. The SMILES string of the molecule is Cc1[nH]ccc(=O)c1O.OC[C@@H](O)[C@H](O)[C@@H](O)CO. The van der Waals surface area contributed by atoms with Crippen molar-refractivity contribution in [3.05, 3.63) is 28.2 Å². The third-order valence-electron chi connectivity index (χ3n) is 2.29. The summed E-state index contributed by atoms with van der Waals surface area (Å²) in [6, 6.07) is 1.28. The second kappa shape index (κ2) is 8.62. The Morgan fingerprint density at radius 2 is 1.63 bits per heavy atom. The van der Waals surface area contributed by atoms with Gasteiger partial charge in [0.15, 0.2) is 5.75 Å². The van der Waals surface area contributed by atoms with E-state index < -0.39 is 31.5 Å². The highest BCUT2D eigenvalue weighted by Crippen LogP contribution is 2.02. The smallest absolute Gasteiger partial charge is 0.223 e. The Bertz CT molecular complexity index is 410. The summed E-state index contributed by atoms with van der Waals surface area (Å²) in [6.45, 7) is 0.354. The van der Waals surface area contributed by atoms with E-state index >= 15 is 0 Å². The van der Waals surface area contributed by atoms with Crippen molar-refractivity contribution in [1.82, 2.24) is 4.98 Å². The zero-order valence-corrected chi connectivity index (χ0v) is 10.4. The van der Waals surface area contributed by atoms with Crippen LogP contribution < -0.4 is 5.43 Å². The average molecular weight is 277 g/mol. The summed E-state index contributed by atoms with van der Waals surface area (Å²) in [7, 11) is 0. The topological polar surface area (TPSA) is 154 Å². The van der Waals surface area contributed by atoms with E-state index in [1.165, 1.54) is 12.3 Å². The van der Waals surface area contributed by atoms with E-state index in [1.807, 2.05) is 0 Å². The van der Waals surface area contributed by atoms with Crippen molar-refractivity contribution in [2.45, 2.75) is 25.2 Å². The van der Waals surface area contributed by atoms with Gasteiger partial charge in [-0.1, -0.05) is 0 Å². The molecule has 0 amide bonds. The van der Waals surface area contributed by atoms with Gasteiger partial charge in [-0.25, -0.2) is 0 Å². The molecule has 1 aromatic rings. The number of rotatable bonds is 4. The van der Waals surface area contributed by atoms with E-state index in [9.17, 15) is 4.79 Å². The van der Waals surface area contributed by atoms with Crippen LogP contribution in [0, 0.1) is 6.92 Å². The largest absolute Gasteiger partial charge is 0.503 e. The number of hydrogen-bond acceptors (Lipinski definition) is 7. The van der Waals surface area contributed by atoms with Gasteiger partial charge < -0.3 is 35.6 Å². The molecule has 0 aliphatic heterocycles. The predicted molar refractivity (Wildman–Crippen MR) is 65.7 cm³/mol. The van der Waals surface area contributed by atoms with Gasteiger partial charge in [-0.15, -0.1) is 0 Å². The van der Waals surface area contributed by atoms with Crippen molar-refractivity contribution < 1.29 is 30.6 Å². The summed E-state index contributed by atoms with van der Waals surface area (Å²) < 4.78 is 0. The van der Waals surface area contributed by atoms with Crippen molar-refractivity contribution in [1.29, 1.82) is 0 Å². The molecular weight excluding hydrogens is 258 g/mol. The molecule has 0 aliphatic rings. The number of aryl methyl sites for hydroxylation is 1. The van der Waals surface area contributed by atoms with Gasteiger partial charge in [0.25, 0.3) is 0 Å². The molecule has 0 saturated heterocycles. The molecule has 8 heteroatoms. The Morgan fingerprint density at radius 1 is 1.16 bits per heavy atom. The van der Waals surface area contributed by atoms with Crippen LogP contribution in [-0.4, -0.2) is 67.1 Å². The normalized spacial score (nSPS) is 15.1. The van der Waals surface area contributed by atoms with Crippen molar-refractivity contribution in [3.63, 3.8) is 0 Å². The molecular formula is C11H19NO7. The fraction of sp³-hybridized carbons (Fsp3) is 0.545. The van der Waals surface area contributed by atoms with Crippen LogP contribution in [-0.2, 0) is 0 Å². The lowest BCUT2D eigenvalue weighted by molar-refractivity contribution is -0.0900. The molecule has 0 bridgehead atoms. The molecule has 0 spiro atoms. The number of aromatic nitrogens is 1. The molecule has 1 aromatic heterocycles. The highest BCUT2D eigenvalue weighted by molar-refractivity contribution is 5.23. The molecule has 1 rings (SSSR count). The van der Waals surface area contributed by atoms with Gasteiger partial charge in [-0.2, -0.15) is 0 Å². The van der Waals surface area contributed by atoms with Crippen LogP contribution in [0.3, 0.4) is 0 Å². The first-order valence-electron chi connectivity index (χ1n) is 5.48. The zero-order valence-electron chi connectivity index (χ0n) is 10.4. The fourth-order valence-electron chi connectivity index (χ4n) is 1.05. The summed E-state index contributed by atoms with van der Waals surface area (Å²) in [4.78, 5) is 13.3. The first-order valence-corrected chi connectivity index (χ1v) is 5.48. The molecule has 19 heavy (non-hydrogen) atoms. The maximum atomic E-state index is 10.6. The molecule has 0 saturated carbocycles. The van der Waals surface area contributed by atoms with Gasteiger partial charge in [-0.05, 0) is 6.92 Å². The van der Waals surface area contributed by atoms with Gasteiger partial charge >= 0.3 is 0 Å². The monoisotopic (exact) mass is 277 g/mol. The van der Waals surface area contributed by atoms with E-state index in [1.54, 1.807) is 6.92 Å². The predicted octanol–water partition coefficient (Wildman–Crippen LogP) is -2.56. The number of aliphatic hydroxyl groups is 5. The first kappa shape index (κ1) is 17.6. The van der Waals surface area contributed by atoms with Gasteiger partial charge in [0, 0.05) is 12.3 Å². The van der Waals surface area contributed by atoms with Crippen LogP contribution in [0.25, 0.3) is 0 Å². The standard InChI is InChI=1S/C6H7NO2.C5H12O5/c1-4-6(9)5(8)2-3-7-4;6-1-3(8)5(10)4(9)2-7/h2-3,9H,1H3,(H,7,8);3-10H,1-2H2/t;3-,4+,5+. The second-order valence-electron chi connectivity index (χ2n) is 3.81. The minimum absolute atomic E-state index is 0.197. The van der Waals surface area contributed by atoms with Crippen LogP contribution in [0.2, 0.25) is 0 Å². The van der Waals surface area contributed by atoms with E-state index in [-0.39, 0.29) is 11.2 Å². The third-order valence-corrected chi connectivity index (χ3v) is 2.29. The summed E-state index contributed by atoms with van der Waals surface area (Å²) >= 11 is 0. The zero-order chi connectivity index (χ0) is 15.0. The Hall–Kier alpha value is -1.45. The van der Waals surface area contributed by atoms with Crippen LogP contribution in [0.4, 0.5) is 0 Å². The Balaban J connectivity index is 0.000000342. The van der Waals surface area contributed by atoms with Gasteiger partial charge in [0.05, 0.1) is 18.9 Å². The lowest BCUT2D eigenvalue weighted by Gasteiger charge is -2.19. The van der Waals surface area contributed by atoms with E-state index in [2.05, 4.69) is 4.98 Å². The summed E-state index contributed by atoms with van der Waals surface area (Å²) in [5.74, 6) is -0.197. The van der Waals surface area contributed by atoms with Gasteiger partial charge in [0.1, 0.15) is 18.3 Å². The molecule has 0 radical (unpaired) electrons. The van der Waals surface area contributed by atoms with E-state index in [4.69, 9.17) is 30.6 Å². The van der Waals surface area contributed by atoms with Crippen molar-refractivity contribution in [2.75, 3.05) is 13.2 Å². The Kier molecular flexibility index (Phi) is 7.96. The summed E-state index contributed by atoms with van der Waals surface area (Å²) in [5, 5.41) is 51.4. The fourth-order valence-corrected chi connectivity index (χ4v) is 1.05. The van der Waals surface area contributed by atoms with Crippen LogP contribution in [0.5, 0.6) is 5.75 Å². The lowest BCUT2D eigenvalue weighted by Crippen LogP contribution is -2.41. The molecule has 0 aliphatic carbocycles. The van der Waals surface area contributed by atoms with Gasteiger partial charge in [0.2, 0.25) is 5.43 Å². The average Bonchev–Trinajstić information content (AvgIpc) is 2.42. The number of aromatic hydroxyl groups is 1. The Labute approximate surface area is 109 Å². The van der Waals surface area contributed by atoms with E-state index in [0.717, 1.165) is 0 Å². The minimum Gasteiger partial charge on any atom is -0.503 e.